The molecule has 0 atom stereocenters. The summed E-state index contributed by atoms with van der Waals surface area (Å²) in [4.78, 5) is 4.88. The van der Waals surface area contributed by atoms with Crippen molar-refractivity contribution in [2.45, 2.75) is 6.54 Å². The number of nitrogens with zero attached hydrogens (tertiary/aromatic N) is 1. The van der Waals surface area contributed by atoms with Gasteiger partial charge in [0.1, 0.15) is 0 Å². The van der Waals surface area contributed by atoms with E-state index in [1.165, 1.54) is 17.4 Å². The normalized spacial score (nSPS) is 10.7. The third-order valence-corrected chi connectivity index (χ3v) is 4.84. The van der Waals surface area contributed by atoms with Crippen molar-refractivity contribution in [2.75, 3.05) is 5.32 Å². The van der Waals surface area contributed by atoms with Crippen LogP contribution in [-0.2, 0) is 6.54 Å². The number of anilines is 1. The Balaban J connectivity index is 2.22. The lowest BCUT2D eigenvalue weighted by atomic mass is 10.3. The Morgan fingerprint density at radius 2 is 2.11 bits per heavy atom. The molecule has 1 aromatic carbocycles. The Morgan fingerprint density at radius 1 is 1.39 bits per heavy atom. The van der Waals surface area contributed by atoms with Crippen molar-refractivity contribution in [3.63, 3.8) is 0 Å². The molecule has 0 saturated carbocycles. The molecule has 96 valence electrons. The van der Waals surface area contributed by atoms with Gasteiger partial charge in [-0.25, -0.2) is 9.37 Å². The lowest BCUT2D eigenvalue weighted by Gasteiger charge is -2.11. The average molecular weight is 435 g/mol. The van der Waals surface area contributed by atoms with E-state index in [2.05, 4.69) is 42.2 Å². The van der Waals surface area contributed by atoms with Crippen LogP contribution in [0.5, 0.6) is 0 Å². The second kappa shape index (κ2) is 6.05. The second-order valence-electron chi connectivity index (χ2n) is 3.28. The van der Waals surface area contributed by atoms with Gasteiger partial charge in [-0.3, -0.25) is 0 Å². The highest BCUT2D eigenvalue weighted by Crippen LogP contribution is 2.37. The van der Waals surface area contributed by atoms with E-state index in [0.29, 0.717) is 21.2 Å². The van der Waals surface area contributed by atoms with E-state index < -0.39 is 5.82 Å². The monoisotopic (exact) mass is 432 g/mol. The third kappa shape index (κ3) is 3.17. The largest absolute Gasteiger partial charge is 0.378 e. The summed E-state index contributed by atoms with van der Waals surface area (Å²) in [5.74, 6) is -0.496. The number of hydrogen-bond donors (Lipinski definition) is 1. The Hall–Kier alpha value is 0.120. The molecule has 0 aliphatic carbocycles. The number of nitrogens with one attached hydrogen (secondary N) is 1. The summed E-state index contributed by atoms with van der Waals surface area (Å²) in [6.07, 6.45) is 1.67. The van der Waals surface area contributed by atoms with Crippen LogP contribution in [0.25, 0.3) is 0 Å². The lowest BCUT2D eigenvalue weighted by molar-refractivity contribution is 0.621. The first-order chi connectivity index (χ1) is 8.49. The zero-order valence-electron chi connectivity index (χ0n) is 8.61. The molecular weight excluding hydrogens is 430 g/mol. The molecule has 1 N–H and O–H groups in total. The number of halogens is 5. The minimum Gasteiger partial charge on any atom is -0.378 e. The number of aromatic nitrogens is 1. The fourth-order valence-corrected chi connectivity index (χ4v) is 4.04. The maximum Gasteiger partial charge on any atom is 0.183 e. The van der Waals surface area contributed by atoms with Crippen molar-refractivity contribution in [3.05, 3.63) is 41.4 Å². The maximum absolute atomic E-state index is 13.6. The van der Waals surface area contributed by atoms with Crippen molar-refractivity contribution in [3.8, 4) is 0 Å². The lowest BCUT2D eigenvalue weighted by Crippen LogP contribution is -2.00. The topological polar surface area (TPSA) is 24.9 Å². The fraction of sp³-hybridized carbons (Fsp3) is 0.100. The summed E-state index contributed by atoms with van der Waals surface area (Å²) in [5, 5.41) is 3.15. The van der Waals surface area contributed by atoms with Crippen LogP contribution < -0.4 is 5.32 Å². The van der Waals surface area contributed by atoms with Crippen LogP contribution in [-0.4, -0.2) is 4.98 Å². The van der Waals surface area contributed by atoms with Gasteiger partial charge in [-0.15, -0.1) is 11.3 Å². The van der Waals surface area contributed by atoms with Crippen LogP contribution >= 0.6 is 66.4 Å². The fourth-order valence-electron chi connectivity index (χ4n) is 1.27. The summed E-state index contributed by atoms with van der Waals surface area (Å²) >= 11 is 19.3. The molecule has 2 rings (SSSR count). The molecular formula is C10H5Br2Cl2FN2S. The number of rotatable bonds is 3. The first kappa shape index (κ1) is 14.5. The van der Waals surface area contributed by atoms with Crippen LogP contribution in [0.15, 0.2) is 21.2 Å². The molecule has 0 bridgehead atoms. The van der Waals surface area contributed by atoms with Crippen molar-refractivity contribution in [1.29, 1.82) is 0 Å². The minimum absolute atomic E-state index is 0.0557. The summed E-state index contributed by atoms with van der Waals surface area (Å²) in [6, 6.07) is 1.50. The predicted molar refractivity (Wildman–Crippen MR) is 81.3 cm³/mol. The maximum atomic E-state index is 13.6. The standard InChI is InChI=1S/C10H5Br2Cl2FN2S/c11-5-1-6(13)8(15)7(12)9(5)16-2-4-3-17-10(14)18-4/h1,3,16H,2H2. The van der Waals surface area contributed by atoms with Gasteiger partial charge < -0.3 is 5.32 Å². The van der Waals surface area contributed by atoms with Crippen molar-refractivity contribution in [1.82, 2.24) is 4.98 Å². The van der Waals surface area contributed by atoms with Gasteiger partial charge >= 0.3 is 0 Å². The predicted octanol–water partition coefficient (Wildman–Crippen LogP) is 5.73. The van der Waals surface area contributed by atoms with Crippen LogP contribution in [0.4, 0.5) is 10.1 Å². The SMILES string of the molecule is Fc1c(Cl)cc(Br)c(NCc2cnc(Cl)s2)c1Br. The molecule has 0 saturated heterocycles. The molecule has 0 fully saturated rings. The molecule has 1 aromatic heterocycles. The van der Waals surface area contributed by atoms with E-state index in [9.17, 15) is 4.39 Å². The van der Waals surface area contributed by atoms with E-state index in [1.54, 1.807) is 6.20 Å². The highest BCUT2D eigenvalue weighted by Gasteiger charge is 2.14. The zero-order valence-corrected chi connectivity index (χ0v) is 14.1. The Bertz CT molecular complexity index is 591. The van der Waals surface area contributed by atoms with E-state index in [-0.39, 0.29) is 9.50 Å². The first-order valence-corrected chi connectivity index (χ1v) is 7.82. The first-order valence-electron chi connectivity index (χ1n) is 4.66. The van der Waals surface area contributed by atoms with E-state index in [0.717, 1.165) is 4.88 Å². The number of thiazole rings is 1. The van der Waals surface area contributed by atoms with E-state index in [1.807, 2.05) is 0 Å². The molecule has 0 radical (unpaired) electrons. The van der Waals surface area contributed by atoms with Crippen molar-refractivity contribution >= 4 is 72.1 Å². The van der Waals surface area contributed by atoms with E-state index in [4.69, 9.17) is 23.2 Å². The summed E-state index contributed by atoms with van der Waals surface area (Å²) in [7, 11) is 0. The smallest absolute Gasteiger partial charge is 0.183 e. The van der Waals surface area contributed by atoms with E-state index >= 15 is 0 Å². The Labute approximate surface area is 134 Å². The molecule has 0 aliphatic rings. The quantitative estimate of drug-likeness (QED) is 0.493. The van der Waals surface area contributed by atoms with Gasteiger partial charge in [-0.2, -0.15) is 0 Å². The number of benzene rings is 1. The highest BCUT2D eigenvalue weighted by molar-refractivity contribution is 9.11. The Morgan fingerprint density at radius 3 is 2.72 bits per heavy atom. The number of hydrogen-bond acceptors (Lipinski definition) is 3. The van der Waals surface area contributed by atoms with Crippen LogP contribution in [0.3, 0.4) is 0 Å². The summed E-state index contributed by atoms with van der Waals surface area (Å²) in [5.41, 5.74) is 0.599. The molecule has 2 nitrogen and oxygen atoms in total. The zero-order chi connectivity index (χ0) is 13.3. The molecule has 0 unspecified atom stereocenters. The van der Waals surface area contributed by atoms with Crippen molar-refractivity contribution < 1.29 is 4.39 Å². The molecule has 0 amide bonds. The van der Waals surface area contributed by atoms with Gasteiger partial charge in [0.2, 0.25) is 0 Å². The van der Waals surface area contributed by atoms with Crippen LogP contribution in [0.1, 0.15) is 4.88 Å². The van der Waals surface area contributed by atoms with Crippen molar-refractivity contribution in [2.24, 2.45) is 0 Å². The van der Waals surface area contributed by atoms with Gasteiger partial charge in [0.05, 0.1) is 21.7 Å². The molecule has 8 heteroatoms. The minimum atomic E-state index is -0.496. The summed E-state index contributed by atoms with van der Waals surface area (Å²) < 4.78 is 15.1. The van der Waals surface area contributed by atoms with Gasteiger partial charge in [-0.1, -0.05) is 23.2 Å². The Kier molecular flexibility index (Phi) is 4.88. The van der Waals surface area contributed by atoms with Gasteiger partial charge in [0.15, 0.2) is 10.3 Å². The molecule has 0 spiro atoms. The highest BCUT2D eigenvalue weighted by atomic mass is 79.9. The third-order valence-electron chi connectivity index (χ3n) is 2.08. The molecule has 2 aromatic rings. The van der Waals surface area contributed by atoms with Gasteiger partial charge in [0, 0.05) is 15.5 Å². The van der Waals surface area contributed by atoms with Crippen LogP contribution in [0.2, 0.25) is 9.49 Å². The summed E-state index contributed by atoms with van der Waals surface area (Å²) in [6.45, 7) is 0.503. The molecule has 0 aliphatic heterocycles. The second-order valence-corrected chi connectivity index (χ2v) is 7.03. The molecule has 1 heterocycles. The van der Waals surface area contributed by atoms with Gasteiger partial charge in [-0.05, 0) is 37.9 Å². The van der Waals surface area contributed by atoms with Gasteiger partial charge in [0.25, 0.3) is 0 Å². The molecule has 18 heavy (non-hydrogen) atoms. The van der Waals surface area contributed by atoms with Crippen LogP contribution in [0, 0.1) is 5.82 Å². The average Bonchev–Trinajstić information content (AvgIpc) is 2.72.